The molecule has 0 bridgehead atoms. The highest BCUT2D eigenvalue weighted by Crippen LogP contribution is 2.38. The van der Waals surface area contributed by atoms with Crippen LogP contribution in [0.3, 0.4) is 0 Å². The Hall–Kier alpha value is -1.20. The van der Waals surface area contributed by atoms with Crippen molar-refractivity contribution in [2.24, 2.45) is 0 Å². The first kappa shape index (κ1) is 14.9. The zero-order valence-corrected chi connectivity index (χ0v) is 9.71. The lowest BCUT2D eigenvalue weighted by molar-refractivity contribution is -0.143. The lowest BCUT2D eigenvalue weighted by atomic mass is 9.85. The van der Waals surface area contributed by atoms with Crippen molar-refractivity contribution in [1.82, 2.24) is 0 Å². The van der Waals surface area contributed by atoms with E-state index in [0.29, 0.717) is 12.1 Å². The standard InChI is InChI=1S/C12H11F6/c1-10(2,3)7-4-8(11(13,14)15)6-9(5-7)12(16,17)18/h4-6H,1H2,2-3H3. The SMILES string of the molecule is [CH2]C(C)(C)c1cc(C(F)(F)F)cc(C(F)(F)F)c1. The minimum Gasteiger partial charge on any atom is -0.166 e. The molecule has 101 valence electrons. The highest BCUT2D eigenvalue weighted by molar-refractivity contribution is 5.37. The Balaban J connectivity index is 3.49. The van der Waals surface area contributed by atoms with Gasteiger partial charge in [-0.3, -0.25) is 0 Å². The Kier molecular flexibility index (Phi) is 3.44. The molecule has 0 saturated carbocycles. The van der Waals surface area contributed by atoms with Crippen LogP contribution in [-0.4, -0.2) is 0 Å². The van der Waals surface area contributed by atoms with Gasteiger partial charge in [-0.15, -0.1) is 0 Å². The topological polar surface area (TPSA) is 0 Å². The molecule has 0 heterocycles. The van der Waals surface area contributed by atoms with Gasteiger partial charge in [0.15, 0.2) is 0 Å². The van der Waals surface area contributed by atoms with Crippen LogP contribution in [-0.2, 0) is 17.8 Å². The van der Waals surface area contributed by atoms with Crippen LogP contribution in [0.5, 0.6) is 0 Å². The molecule has 0 atom stereocenters. The van der Waals surface area contributed by atoms with Crippen molar-refractivity contribution in [3.8, 4) is 0 Å². The number of hydrogen-bond acceptors (Lipinski definition) is 0. The smallest absolute Gasteiger partial charge is 0.166 e. The van der Waals surface area contributed by atoms with Crippen molar-refractivity contribution in [3.63, 3.8) is 0 Å². The fourth-order valence-electron chi connectivity index (χ4n) is 1.35. The van der Waals surface area contributed by atoms with E-state index in [0.717, 1.165) is 0 Å². The van der Waals surface area contributed by atoms with Gasteiger partial charge in [0.2, 0.25) is 0 Å². The van der Waals surface area contributed by atoms with Gasteiger partial charge in [-0.25, -0.2) is 0 Å². The largest absolute Gasteiger partial charge is 0.416 e. The third kappa shape index (κ3) is 3.40. The second kappa shape index (κ2) is 4.17. The van der Waals surface area contributed by atoms with Crippen molar-refractivity contribution >= 4 is 0 Å². The maximum atomic E-state index is 12.5. The molecule has 0 fully saturated rings. The predicted molar refractivity (Wildman–Crippen MR) is 54.8 cm³/mol. The average molecular weight is 269 g/mol. The molecule has 1 aromatic carbocycles. The van der Waals surface area contributed by atoms with Crippen LogP contribution >= 0.6 is 0 Å². The third-order valence-corrected chi connectivity index (χ3v) is 2.37. The van der Waals surface area contributed by atoms with Crippen molar-refractivity contribution in [2.75, 3.05) is 0 Å². The van der Waals surface area contributed by atoms with Crippen molar-refractivity contribution in [2.45, 2.75) is 31.6 Å². The lowest BCUT2D eigenvalue weighted by Crippen LogP contribution is -2.17. The number of rotatable bonds is 1. The summed E-state index contributed by atoms with van der Waals surface area (Å²) in [7, 11) is 0. The van der Waals surface area contributed by atoms with Crippen LogP contribution in [0.15, 0.2) is 18.2 Å². The van der Waals surface area contributed by atoms with Crippen molar-refractivity contribution < 1.29 is 26.3 Å². The molecule has 0 aromatic heterocycles. The van der Waals surface area contributed by atoms with E-state index in [9.17, 15) is 26.3 Å². The summed E-state index contributed by atoms with van der Waals surface area (Å²) in [5, 5.41) is 0. The molecule has 0 saturated heterocycles. The van der Waals surface area contributed by atoms with Gasteiger partial charge in [-0.2, -0.15) is 26.3 Å². The maximum Gasteiger partial charge on any atom is 0.416 e. The van der Waals surface area contributed by atoms with E-state index in [4.69, 9.17) is 0 Å². The van der Waals surface area contributed by atoms with Gasteiger partial charge >= 0.3 is 12.4 Å². The first-order chi connectivity index (χ1) is 7.82. The first-order valence-corrected chi connectivity index (χ1v) is 4.97. The molecule has 0 aliphatic heterocycles. The number of benzene rings is 1. The van der Waals surface area contributed by atoms with E-state index in [2.05, 4.69) is 6.92 Å². The van der Waals surface area contributed by atoms with E-state index in [1.54, 1.807) is 0 Å². The fourth-order valence-corrected chi connectivity index (χ4v) is 1.35. The van der Waals surface area contributed by atoms with Crippen LogP contribution < -0.4 is 0 Å². The van der Waals surface area contributed by atoms with Crippen LogP contribution in [0, 0.1) is 6.92 Å². The molecule has 0 amide bonds. The molecule has 0 aliphatic carbocycles. The summed E-state index contributed by atoms with van der Waals surface area (Å²) >= 11 is 0. The Morgan fingerprint density at radius 1 is 0.722 bits per heavy atom. The minimum absolute atomic E-state index is 0.106. The van der Waals surface area contributed by atoms with Crippen molar-refractivity contribution in [3.05, 3.63) is 41.8 Å². The van der Waals surface area contributed by atoms with Gasteiger partial charge in [0.25, 0.3) is 0 Å². The van der Waals surface area contributed by atoms with Crippen LogP contribution in [0.4, 0.5) is 26.3 Å². The monoisotopic (exact) mass is 269 g/mol. The normalized spacial score (nSPS) is 13.8. The van der Waals surface area contributed by atoms with E-state index in [1.807, 2.05) is 0 Å². The van der Waals surface area contributed by atoms with Crippen molar-refractivity contribution in [1.29, 1.82) is 0 Å². The number of hydrogen-bond donors (Lipinski definition) is 0. The fraction of sp³-hybridized carbons (Fsp3) is 0.417. The molecule has 18 heavy (non-hydrogen) atoms. The maximum absolute atomic E-state index is 12.5. The van der Waals surface area contributed by atoms with Gasteiger partial charge in [-0.05, 0) is 36.1 Å². The van der Waals surface area contributed by atoms with Crippen LogP contribution in [0.2, 0.25) is 0 Å². The first-order valence-electron chi connectivity index (χ1n) is 4.97. The highest BCUT2D eigenvalue weighted by atomic mass is 19.4. The van der Waals surface area contributed by atoms with Crippen LogP contribution in [0.1, 0.15) is 30.5 Å². The summed E-state index contributed by atoms with van der Waals surface area (Å²) in [5.41, 5.74) is -3.78. The van der Waals surface area contributed by atoms with Gasteiger partial charge in [-0.1, -0.05) is 13.8 Å². The van der Waals surface area contributed by atoms with Gasteiger partial charge < -0.3 is 0 Å². The second-order valence-corrected chi connectivity index (χ2v) is 4.68. The summed E-state index contributed by atoms with van der Waals surface area (Å²) in [6.07, 6.45) is -9.64. The third-order valence-electron chi connectivity index (χ3n) is 2.37. The molecule has 0 unspecified atom stereocenters. The quantitative estimate of drug-likeness (QED) is 0.640. The summed E-state index contributed by atoms with van der Waals surface area (Å²) in [4.78, 5) is 0. The summed E-state index contributed by atoms with van der Waals surface area (Å²) in [6.45, 7) is 6.45. The van der Waals surface area contributed by atoms with E-state index in [1.165, 1.54) is 13.8 Å². The zero-order chi connectivity index (χ0) is 14.4. The molecule has 0 spiro atoms. The Bertz CT molecular complexity index is 354. The minimum atomic E-state index is -4.82. The molecule has 0 nitrogen and oxygen atoms in total. The van der Waals surface area contributed by atoms with E-state index >= 15 is 0 Å². The molecule has 1 radical (unpaired) electrons. The van der Waals surface area contributed by atoms with Gasteiger partial charge in [0.05, 0.1) is 11.1 Å². The Labute approximate surface area is 101 Å². The molecule has 0 N–H and O–H groups in total. The van der Waals surface area contributed by atoms with Crippen LogP contribution in [0.25, 0.3) is 0 Å². The summed E-state index contributed by atoms with van der Waals surface area (Å²) in [5.74, 6) is 0. The van der Waals surface area contributed by atoms with E-state index < -0.39 is 28.9 Å². The summed E-state index contributed by atoms with van der Waals surface area (Å²) < 4.78 is 75.2. The molecule has 1 rings (SSSR count). The molecule has 1 aromatic rings. The molecular formula is C12H11F6. The average Bonchev–Trinajstić information content (AvgIpc) is 2.13. The Morgan fingerprint density at radius 2 is 1.00 bits per heavy atom. The zero-order valence-electron chi connectivity index (χ0n) is 9.71. The molecule has 6 heteroatoms. The number of halogens is 6. The summed E-state index contributed by atoms with van der Waals surface area (Å²) in [6, 6.07) is 1.50. The second-order valence-electron chi connectivity index (χ2n) is 4.68. The predicted octanol–water partition coefficient (Wildman–Crippen LogP) is 4.84. The Morgan fingerprint density at radius 3 is 1.22 bits per heavy atom. The highest BCUT2D eigenvalue weighted by Gasteiger charge is 2.37. The molecule has 0 aliphatic rings. The van der Waals surface area contributed by atoms with E-state index in [-0.39, 0.29) is 11.6 Å². The lowest BCUT2D eigenvalue weighted by Gasteiger charge is -2.22. The number of alkyl halides is 6. The molecular weight excluding hydrogens is 258 g/mol. The van der Waals surface area contributed by atoms with Gasteiger partial charge in [0.1, 0.15) is 0 Å². The van der Waals surface area contributed by atoms with Gasteiger partial charge in [0, 0.05) is 0 Å².